The summed E-state index contributed by atoms with van der Waals surface area (Å²) < 4.78 is 5.40. The molecule has 0 saturated carbocycles. The number of amidine groups is 1. The van der Waals surface area contributed by atoms with Gasteiger partial charge in [-0.05, 0) is 30.7 Å². The van der Waals surface area contributed by atoms with E-state index < -0.39 is 0 Å². The van der Waals surface area contributed by atoms with Crippen molar-refractivity contribution in [1.29, 1.82) is 0 Å². The first-order valence-electron chi connectivity index (χ1n) is 6.54. The minimum absolute atomic E-state index is 0.0582. The van der Waals surface area contributed by atoms with Gasteiger partial charge in [-0.25, -0.2) is 0 Å². The largest absolute Gasteiger partial charge is 0.456 e. The maximum Gasteiger partial charge on any atom is 0.291 e. The molecule has 6 heteroatoms. The van der Waals surface area contributed by atoms with Crippen LogP contribution >= 0.6 is 0 Å². The average molecular weight is 287 g/mol. The lowest BCUT2D eigenvalue weighted by atomic mass is 10.1. The molecule has 0 aliphatic carbocycles. The zero-order valence-corrected chi connectivity index (χ0v) is 11.9. The van der Waals surface area contributed by atoms with E-state index in [4.69, 9.17) is 15.4 Å². The minimum atomic E-state index is -0.382. The van der Waals surface area contributed by atoms with Crippen LogP contribution in [0.25, 0.3) is 0 Å². The van der Waals surface area contributed by atoms with Crippen molar-refractivity contribution in [2.75, 3.05) is 5.32 Å². The van der Waals surface area contributed by atoms with Crippen LogP contribution < -0.4 is 11.1 Å². The highest BCUT2D eigenvalue weighted by Gasteiger charge is 2.16. The van der Waals surface area contributed by atoms with Gasteiger partial charge in [0.1, 0.15) is 5.76 Å². The monoisotopic (exact) mass is 287 g/mol. The second-order valence-corrected chi connectivity index (χ2v) is 4.56. The van der Waals surface area contributed by atoms with Gasteiger partial charge >= 0.3 is 0 Å². The Balaban J connectivity index is 2.31. The number of amides is 1. The number of rotatable bonds is 4. The fourth-order valence-corrected chi connectivity index (χ4v) is 2.04. The van der Waals surface area contributed by atoms with Crippen molar-refractivity contribution in [3.05, 3.63) is 53.0 Å². The highest BCUT2D eigenvalue weighted by atomic mass is 16.4. The number of furan rings is 1. The van der Waals surface area contributed by atoms with Gasteiger partial charge in [0.05, 0.1) is 5.69 Å². The number of nitrogens with zero attached hydrogens (tertiary/aromatic N) is 1. The zero-order chi connectivity index (χ0) is 15.4. The Hall–Kier alpha value is -2.76. The van der Waals surface area contributed by atoms with Gasteiger partial charge in [-0.3, -0.25) is 4.79 Å². The molecular formula is C15H17N3O3. The number of anilines is 1. The molecule has 0 aliphatic heterocycles. The number of hydrogen-bond donors (Lipinski definition) is 3. The number of nitrogens with two attached hydrogens (primary N) is 1. The Kier molecular flexibility index (Phi) is 4.27. The lowest BCUT2D eigenvalue weighted by Crippen LogP contribution is -2.20. The third-order valence-electron chi connectivity index (χ3n) is 3.12. The lowest BCUT2D eigenvalue weighted by molar-refractivity contribution is 0.0995. The molecule has 2 aromatic rings. The summed E-state index contributed by atoms with van der Waals surface area (Å²) in [5.74, 6) is 0.518. The second kappa shape index (κ2) is 6.13. The molecule has 0 bridgehead atoms. The standard InChI is InChI=1S/C15H17N3O3/c1-3-10-7-8-12(21-10)15(19)17-11-6-4-5-9(2)13(11)14(16)18-20/h4-8,20H,3H2,1-2H3,(H2,16,18)(H,17,19). The van der Waals surface area contributed by atoms with E-state index in [0.717, 1.165) is 11.3 Å². The van der Waals surface area contributed by atoms with Crippen LogP contribution in [0.1, 0.15) is 34.4 Å². The van der Waals surface area contributed by atoms with Gasteiger partial charge in [-0.1, -0.05) is 24.2 Å². The molecule has 2 rings (SSSR count). The van der Waals surface area contributed by atoms with Gasteiger partial charge in [0.2, 0.25) is 0 Å². The number of oxime groups is 1. The predicted molar refractivity (Wildman–Crippen MR) is 79.7 cm³/mol. The maximum absolute atomic E-state index is 12.2. The zero-order valence-electron chi connectivity index (χ0n) is 11.9. The van der Waals surface area contributed by atoms with Crippen LogP contribution in [0.2, 0.25) is 0 Å². The van der Waals surface area contributed by atoms with Crippen molar-refractivity contribution in [3.8, 4) is 0 Å². The molecule has 1 amide bonds. The Bertz CT molecular complexity index is 689. The number of carbonyl (C=O) groups excluding carboxylic acids is 1. The first kappa shape index (κ1) is 14.6. The number of carbonyl (C=O) groups is 1. The summed E-state index contributed by atoms with van der Waals surface area (Å²) in [7, 11) is 0. The molecule has 110 valence electrons. The lowest BCUT2D eigenvalue weighted by Gasteiger charge is -2.11. The van der Waals surface area contributed by atoms with Gasteiger partial charge < -0.3 is 20.7 Å². The average Bonchev–Trinajstić information content (AvgIpc) is 2.96. The summed E-state index contributed by atoms with van der Waals surface area (Å²) in [6.07, 6.45) is 0.715. The fraction of sp³-hybridized carbons (Fsp3) is 0.200. The molecule has 0 spiro atoms. The minimum Gasteiger partial charge on any atom is -0.456 e. The van der Waals surface area contributed by atoms with E-state index in [-0.39, 0.29) is 17.5 Å². The third kappa shape index (κ3) is 3.05. The van der Waals surface area contributed by atoms with E-state index in [1.807, 2.05) is 19.9 Å². The molecule has 0 radical (unpaired) electrons. The topological polar surface area (TPSA) is 101 Å². The van der Waals surface area contributed by atoms with Gasteiger partial charge in [0.25, 0.3) is 5.91 Å². The number of hydrogen-bond acceptors (Lipinski definition) is 4. The maximum atomic E-state index is 12.2. The molecule has 6 nitrogen and oxygen atoms in total. The molecule has 1 aromatic carbocycles. The molecule has 0 aliphatic rings. The van der Waals surface area contributed by atoms with E-state index in [1.165, 1.54) is 0 Å². The van der Waals surface area contributed by atoms with Crippen molar-refractivity contribution >= 4 is 17.4 Å². The molecule has 0 fully saturated rings. The van der Waals surface area contributed by atoms with E-state index >= 15 is 0 Å². The van der Waals surface area contributed by atoms with E-state index in [9.17, 15) is 4.79 Å². The Morgan fingerprint density at radius 1 is 1.38 bits per heavy atom. The van der Waals surface area contributed by atoms with Crippen LogP contribution in [0, 0.1) is 6.92 Å². The van der Waals surface area contributed by atoms with Crippen LogP contribution in [0.5, 0.6) is 0 Å². The molecule has 0 atom stereocenters. The van der Waals surface area contributed by atoms with Crippen LogP contribution in [-0.2, 0) is 6.42 Å². The highest BCUT2D eigenvalue weighted by Crippen LogP contribution is 2.20. The van der Waals surface area contributed by atoms with Crippen molar-refractivity contribution in [2.24, 2.45) is 10.9 Å². The third-order valence-corrected chi connectivity index (χ3v) is 3.12. The van der Waals surface area contributed by atoms with Crippen LogP contribution in [0.15, 0.2) is 39.9 Å². The summed E-state index contributed by atoms with van der Waals surface area (Å²) in [4.78, 5) is 12.2. The molecule has 21 heavy (non-hydrogen) atoms. The van der Waals surface area contributed by atoms with Crippen LogP contribution in [-0.4, -0.2) is 17.0 Å². The van der Waals surface area contributed by atoms with Gasteiger partial charge in [-0.15, -0.1) is 0 Å². The first-order chi connectivity index (χ1) is 10.1. The molecule has 1 heterocycles. The fourth-order valence-electron chi connectivity index (χ4n) is 2.04. The summed E-state index contributed by atoms with van der Waals surface area (Å²) in [6.45, 7) is 3.75. The van der Waals surface area contributed by atoms with Gasteiger partial charge in [-0.2, -0.15) is 0 Å². The SMILES string of the molecule is CCc1ccc(C(=O)Nc2cccc(C)c2/C(N)=N/O)o1. The van der Waals surface area contributed by atoms with Crippen molar-refractivity contribution < 1.29 is 14.4 Å². The van der Waals surface area contributed by atoms with Gasteiger partial charge in [0, 0.05) is 12.0 Å². The quantitative estimate of drug-likeness (QED) is 0.348. The molecule has 0 saturated heterocycles. The Morgan fingerprint density at radius 2 is 2.14 bits per heavy atom. The smallest absolute Gasteiger partial charge is 0.291 e. The van der Waals surface area contributed by atoms with E-state index in [2.05, 4.69) is 10.5 Å². The summed E-state index contributed by atoms with van der Waals surface area (Å²) in [5.41, 5.74) is 7.39. The van der Waals surface area contributed by atoms with Crippen molar-refractivity contribution in [1.82, 2.24) is 0 Å². The molecule has 4 N–H and O–H groups in total. The second-order valence-electron chi connectivity index (χ2n) is 4.56. The molecule has 0 unspecified atom stereocenters. The van der Waals surface area contributed by atoms with Crippen LogP contribution in [0.3, 0.4) is 0 Å². The van der Waals surface area contributed by atoms with Crippen molar-refractivity contribution in [3.63, 3.8) is 0 Å². The summed E-state index contributed by atoms with van der Waals surface area (Å²) in [6, 6.07) is 8.65. The number of benzene rings is 1. The summed E-state index contributed by atoms with van der Waals surface area (Å²) >= 11 is 0. The normalized spacial score (nSPS) is 11.4. The van der Waals surface area contributed by atoms with E-state index in [1.54, 1.807) is 24.3 Å². The first-order valence-corrected chi connectivity index (χ1v) is 6.54. The van der Waals surface area contributed by atoms with Crippen molar-refractivity contribution in [2.45, 2.75) is 20.3 Å². The van der Waals surface area contributed by atoms with Crippen LogP contribution in [0.4, 0.5) is 5.69 Å². The number of aryl methyl sites for hydroxylation is 2. The number of nitrogens with one attached hydrogen (secondary N) is 1. The summed E-state index contributed by atoms with van der Waals surface area (Å²) in [5, 5.41) is 14.6. The highest BCUT2D eigenvalue weighted by molar-refractivity contribution is 6.09. The molecule has 1 aromatic heterocycles. The Morgan fingerprint density at radius 3 is 2.76 bits per heavy atom. The predicted octanol–water partition coefficient (Wildman–Crippen LogP) is 2.50. The Labute approximate surface area is 122 Å². The van der Waals surface area contributed by atoms with E-state index in [0.29, 0.717) is 17.7 Å². The van der Waals surface area contributed by atoms with Gasteiger partial charge in [0.15, 0.2) is 11.6 Å². The molecular weight excluding hydrogens is 270 g/mol.